The van der Waals surface area contributed by atoms with Gasteiger partial charge in [-0.05, 0) is 37.8 Å². The topological polar surface area (TPSA) is 54.4 Å². The van der Waals surface area contributed by atoms with Gasteiger partial charge in [0.1, 0.15) is 11.6 Å². The summed E-state index contributed by atoms with van der Waals surface area (Å²) >= 11 is 0. The van der Waals surface area contributed by atoms with Gasteiger partial charge in [-0.2, -0.15) is 22.0 Å². The summed E-state index contributed by atoms with van der Waals surface area (Å²) in [5, 5.41) is 13.1. The summed E-state index contributed by atoms with van der Waals surface area (Å²) in [6.07, 6.45) is -3.05. The van der Waals surface area contributed by atoms with Gasteiger partial charge in [0.05, 0.1) is 17.7 Å². The van der Waals surface area contributed by atoms with Crippen molar-refractivity contribution in [1.82, 2.24) is 4.98 Å². The van der Waals surface area contributed by atoms with Crippen molar-refractivity contribution in [3.05, 3.63) is 18.3 Å². The molecule has 2 N–H and O–H groups in total. The molecule has 0 bridgehead atoms. The minimum Gasteiger partial charge on any atom is -0.433 e. The number of halogens is 5. The van der Waals surface area contributed by atoms with Crippen LogP contribution < -0.4 is 10.1 Å². The first kappa shape index (κ1) is 17.7. The van der Waals surface area contributed by atoms with Crippen LogP contribution in [0.3, 0.4) is 0 Å². The van der Waals surface area contributed by atoms with E-state index in [1.807, 2.05) is 0 Å². The zero-order valence-electron chi connectivity index (χ0n) is 12.1. The predicted octanol–water partition coefficient (Wildman–Crippen LogP) is 3.58. The Bertz CT molecular complexity index is 509. The van der Waals surface area contributed by atoms with Gasteiger partial charge in [-0.1, -0.05) is 0 Å². The van der Waals surface area contributed by atoms with Crippen LogP contribution in [0.1, 0.15) is 25.7 Å². The van der Waals surface area contributed by atoms with Crippen molar-refractivity contribution in [2.24, 2.45) is 5.92 Å². The molecule has 0 spiro atoms. The Morgan fingerprint density at radius 3 is 2.70 bits per heavy atom. The number of aliphatic hydroxyl groups is 1. The number of nitrogens with one attached hydrogen (secondary N) is 1. The Morgan fingerprint density at radius 2 is 2.13 bits per heavy atom. The molecule has 130 valence electrons. The standard InChI is InChI=1S/C14H17F5N2O2/c15-12(16)23-10-3-4-11(20-7-10)21-8-13(22)5-1-2-9(6-13)14(17,18)19/h3-4,7,9,12,22H,1-2,5-6,8H2,(H,20,21). The first-order valence-electron chi connectivity index (χ1n) is 7.12. The van der Waals surface area contributed by atoms with Gasteiger partial charge in [-0.15, -0.1) is 0 Å². The van der Waals surface area contributed by atoms with Crippen LogP contribution in [0.25, 0.3) is 0 Å². The molecule has 23 heavy (non-hydrogen) atoms. The smallest absolute Gasteiger partial charge is 0.391 e. The molecule has 0 saturated heterocycles. The van der Waals surface area contributed by atoms with Crippen LogP contribution in [0, 0.1) is 5.92 Å². The summed E-state index contributed by atoms with van der Waals surface area (Å²) < 4.78 is 66.5. The summed E-state index contributed by atoms with van der Waals surface area (Å²) in [6, 6.07) is 2.61. The first-order valence-corrected chi connectivity index (χ1v) is 7.12. The monoisotopic (exact) mass is 340 g/mol. The molecular formula is C14H17F5N2O2. The van der Waals surface area contributed by atoms with Gasteiger partial charge in [-0.3, -0.25) is 0 Å². The van der Waals surface area contributed by atoms with Gasteiger partial charge in [0.25, 0.3) is 0 Å². The van der Waals surface area contributed by atoms with Crippen molar-refractivity contribution in [3.8, 4) is 5.75 Å². The Labute approximate surface area is 129 Å². The van der Waals surface area contributed by atoms with E-state index in [-0.39, 0.29) is 43.8 Å². The molecule has 0 radical (unpaired) electrons. The molecule has 1 aromatic rings. The second-order valence-corrected chi connectivity index (χ2v) is 5.67. The number of alkyl halides is 5. The molecule has 0 amide bonds. The molecule has 0 aromatic carbocycles. The lowest BCUT2D eigenvalue weighted by atomic mass is 9.77. The average molecular weight is 340 g/mol. The normalized spacial score (nSPS) is 25.4. The van der Waals surface area contributed by atoms with Crippen molar-refractivity contribution >= 4 is 5.82 Å². The van der Waals surface area contributed by atoms with E-state index in [2.05, 4.69) is 15.0 Å². The number of hydrogen-bond donors (Lipinski definition) is 2. The van der Waals surface area contributed by atoms with Crippen molar-refractivity contribution < 1.29 is 31.8 Å². The molecule has 1 heterocycles. The first-order chi connectivity index (χ1) is 10.7. The van der Waals surface area contributed by atoms with E-state index in [4.69, 9.17) is 0 Å². The third kappa shape index (κ3) is 5.19. The molecule has 4 nitrogen and oxygen atoms in total. The molecular weight excluding hydrogens is 323 g/mol. The van der Waals surface area contributed by atoms with Gasteiger partial charge in [0.15, 0.2) is 0 Å². The number of anilines is 1. The van der Waals surface area contributed by atoms with Crippen LogP contribution in [0.5, 0.6) is 5.75 Å². The minimum atomic E-state index is -4.32. The van der Waals surface area contributed by atoms with Crippen LogP contribution in [-0.4, -0.2) is 35.0 Å². The summed E-state index contributed by atoms with van der Waals surface area (Å²) in [6.45, 7) is -3.06. The van der Waals surface area contributed by atoms with E-state index >= 15 is 0 Å². The number of pyridine rings is 1. The fourth-order valence-electron chi connectivity index (χ4n) is 2.69. The van der Waals surface area contributed by atoms with Gasteiger partial charge < -0.3 is 15.2 Å². The zero-order valence-corrected chi connectivity index (χ0v) is 12.1. The Morgan fingerprint density at radius 1 is 1.39 bits per heavy atom. The van der Waals surface area contributed by atoms with Gasteiger partial charge in [0.2, 0.25) is 0 Å². The maximum Gasteiger partial charge on any atom is 0.391 e. The van der Waals surface area contributed by atoms with Gasteiger partial charge >= 0.3 is 12.8 Å². The number of hydrogen-bond acceptors (Lipinski definition) is 4. The van der Waals surface area contributed by atoms with Crippen molar-refractivity contribution in [2.45, 2.75) is 44.1 Å². The fourth-order valence-corrected chi connectivity index (χ4v) is 2.69. The van der Waals surface area contributed by atoms with E-state index in [1.165, 1.54) is 12.1 Å². The zero-order chi connectivity index (χ0) is 17.1. The third-order valence-corrected chi connectivity index (χ3v) is 3.84. The van der Waals surface area contributed by atoms with Gasteiger partial charge in [0, 0.05) is 6.54 Å². The van der Waals surface area contributed by atoms with Crippen LogP contribution in [0.15, 0.2) is 18.3 Å². The molecule has 1 aliphatic carbocycles. The van der Waals surface area contributed by atoms with Crippen molar-refractivity contribution in [1.29, 1.82) is 0 Å². The van der Waals surface area contributed by atoms with E-state index in [9.17, 15) is 27.1 Å². The highest BCUT2D eigenvalue weighted by molar-refractivity contribution is 5.37. The number of rotatable bonds is 5. The molecule has 9 heteroatoms. The minimum absolute atomic E-state index is 0.0176. The predicted molar refractivity (Wildman–Crippen MR) is 72.3 cm³/mol. The molecule has 1 saturated carbocycles. The van der Waals surface area contributed by atoms with Crippen LogP contribution in [-0.2, 0) is 0 Å². The maximum absolute atomic E-state index is 12.8. The summed E-state index contributed by atoms with van der Waals surface area (Å²) in [5.41, 5.74) is -1.47. The fraction of sp³-hybridized carbons (Fsp3) is 0.643. The Balaban J connectivity index is 1.91. The molecule has 0 aliphatic heterocycles. The van der Waals surface area contributed by atoms with Crippen LogP contribution in [0.2, 0.25) is 0 Å². The third-order valence-electron chi connectivity index (χ3n) is 3.84. The lowest BCUT2D eigenvalue weighted by Gasteiger charge is -2.37. The quantitative estimate of drug-likeness (QED) is 0.805. The molecule has 1 fully saturated rings. The van der Waals surface area contributed by atoms with Crippen LogP contribution >= 0.6 is 0 Å². The SMILES string of the molecule is OC1(CNc2ccc(OC(F)F)cn2)CCCC(C(F)(F)F)C1. The molecule has 1 aromatic heterocycles. The molecule has 2 unspecified atom stereocenters. The van der Waals surface area contributed by atoms with E-state index < -0.39 is 24.3 Å². The highest BCUT2D eigenvalue weighted by Crippen LogP contribution is 2.41. The second kappa shape index (κ2) is 6.86. The van der Waals surface area contributed by atoms with Gasteiger partial charge in [-0.25, -0.2) is 4.98 Å². The number of ether oxygens (including phenoxy) is 1. The summed E-state index contributed by atoms with van der Waals surface area (Å²) in [7, 11) is 0. The maximum atomic E-state index is 12.8. The molecule has 1 aliphatic rings. The largest absolute Gasteiger partial charge is 0.433 e. The van der Waals surface area contributed by atoms with Crippen LogP contribution in [0.4, 0.5) is 27.8 Å². The Hall–Kier alpha value is -1.64. The second-order valence-electron chi connectivity index (χ2n) is 5.67. The highest BCUT2D eigenvalue weighted by atomic mass is 19.4. The summed E-state index contributed by atoms with van der Waals surface area (Å²) in [4.78, 5) is 3.81. The van der Waals surface area contributed by atoms with Crippen molar-refractivity contribution in [3.63, 3.8) is 0 Å². The van der Waals surface area contributed by atoms with E-state index in [1.54, 1.807) is 0 Å². The molecule has 2 atom stereocenters. The lowest BCUT2D eigenvalue weighted by molar-refractivity contribution is -0.199. The molecule has 2 rings (SSSR count). The highest BCUT2D eigenvalue weighted by Gasteiger charge is 2.46. The van der Waals surface area contributed by atoms with Crippen molar-refractivity contribution in [2.75, 3.05) is 11.9 Å². The number of nitrogens with zero attached hydrogens (tertiary/aromatic N) is 1. The summed E-state index contributed by atoms with van der Waals surface area (Å²) in [5.74, 6) is -1.38. The Kier molecular flexibility index (Phi) is 5.28. The lowest BCUT2D eigenvalue weighted by Crippen LogP contribution is -2.45. The van der Waals surface area contributed by atoms with E-state index in [0.29, 0.717) is 0 Å². The average Bonchev–Trinajstić information content (AvgIpc) is 2.45. The van der Waals surface area contributed by atoms with E-state index in [0.717, 1.165) is 6.20 Å². The number of aromatic nitrogens is 1.